The Bertz CT molecular complexity index is 607. The van der Waals surface area contributed by atoms with Gasteiger partial charge in [0.2, 0.25) is 0 Å². The average molecular weight is 310 g/mol. The van der Waals surface area contributed by atoms with E-state index in [1.54, 1.807) is 0 Å². The molecule has 0 aliphatic carbocycles. The van der Waals surface area contributed by atoms with E-state index in [9.17, 15) is 0 Å². The quantitative estimate of drug-likeness (QED) is 0.600. The molecule has 0 heterocycles. The molecule has 0 aliphatic rings. The minimum absolute atomic E-state index is 0.153. The van der Waals surface area contributed by atoms with Crippen molar-refractivity contribution >= 4 is 13.1 Å². The van der Waals surface area contributed by atoms with Crippen LogP contribution in [0, 0.1) is 28.1 Å². The van der Waals surface area contributed by atoms with E-state index >= 15 is 0 Å². The van der Waals surface area contributed by atoms with Crippen LogP contribution in [0.25, 0.3) is 0 Å². The van der Waals surface area contributed by atoms with Crippen LogP contribution in [0.3, 0.4) is 0 Å². The van der Waals surface area contributed by atoms with Crippen LogP contribution in [-0.4, -0.2) is 19.6 Å². The van der Waals surface area contributed by atoms with E-state index < -0.39 is 5.41 Å². The van der Waals surface area contributed by atoms with E-state index in [2.05, 4.69) is 34.9 Å². The largest absolute Gasteiger partial charge is 0.273 e. The Labute approximate surface area is 140 Å². The first-order valence-electron chi connectivity index (χ1n) is 7.52. The molecule has 0 saturated carbocycles. The highest BCUT2D eigenvalue weighted by Crippen LogP contribution is 2.22. The molecule has 0 saturated heterocycles. The first kappa shape index (κ1) is 20.5. The van der Waals surface area contributed by atoms with Gasteiger partial charge < -0.3 is 0 Å². The molecule has 1 aromatic carbocycles. The van der Waals surface area contributed by atoms with Gasteiger partial charge in [-0.2, -0.15) is 10.5 Å². The van der Waals surface area contributed by atoms with Gasteiger partial charge in [-0.05, 0) is 58.9 Å². The monoisotopic (exact) mass is 310 g/mol. The van der Waals surface area contributed by atoms with Gasteiger partial charge in [-0.15, -0.1) is 0 Å². The van der Waals surface area contributed by atoms with Crippen LogP contribution >= 0.6 is 0 Å². The molecule has 0 spiro atoms. The van der Waals surface area contributed by atoms with Crippen molar-refractivity contribution < 1.29 is 0 Å². The zero-order valence-corrected chi connectivity index (χ0v) is 14.8. The zero-order chi connectivity index (χ0) is 17.9. The maximum atomic E-state index is 9.09. The number of aliphatic imine (C=N–C) groups is 2. The van der Waals surface area contributed by atoms with Gasteiger partial charge in [-0.1, -0.05) is 24.3 Å². The molecule has 122 valence electrons. The third kappa shape index (κ3) is 9.22. The summed E-state index contributed by atoms with van der Waals surface area (Å²) in [7, 11) is 0. The highest BCUT2D eigenvalue weighted by atomic mass is 14.8. The van der Waals surface area contributed by atoms with Crippen molar-refractivity contribution in [3.63, 3.8) is 0 Å². The Morgan fingerprint density at radius 1 is 1.13 bits per heavy atom. The fourth-order valence-electron chi connectivity index (χ4n) is 1.49. The third-order valence-electron chi connectivity index (χ3n) is 2.96. The summed E-state index contributed by atoms with van der Waals surface area (Å²) in [6.45, 7) is 13.5. The summed E-state index contributed by atoms with van der Waals surface area (Å²) < 4.78 is 0. The van der Waals surface area contributed by atoms with Crippen LogP contribution in [0.5, 0.6) is 0 Å². The maximum Gasteiger partial charge on any atom is 0.109 e. The van der Waals surface area contributed by atoms with Gasteiger partial charge in [0.05, 0.1) is 17.6 Å². The molecule has 1 rings (SSSR count). The summed E-state index contributed by atoms with van der Waals surface area (Å²) >= 11 is 0. The molecule has 0 N–H and O–H groups in total. The molecule has 0 aromatic heterocycles. The summed E-state index contributed by atoms with van der Waals surface area (Å²) in [6.07, 6.45) is 2.31. The zero-order valence-electron chi connectivity index (χ0n) is 14.8. The Kier molecular flexibility index (Phi) is 8.52. The predicted octanol–water partition coefficient (Wildman–Crippen LogP) is 4.32. The lowest BCUT2D eigenvalue weighted by Crippen LogP contribution is -2.14. The van der Waals surface area contributed by atoms with Gasteiger partial charge >= 0.3 is 0 Å². The normalized spacial score (nSPS) is 11.1. The lowest BCUT2D eigenvalue weighted by atomic mass is 9.85. The second kappa shape index (κ2) is 9.54. The average Bonchev–Trinajstić information content (AvgIpc) is 2.52. The minimum atomic E-state index is -0.443. The van der Waals surface area contributed by atoms with Crippen LogP contribution in [0.2, 0.25) is 0 Å². The summed E-state index contributed by atoms with van der Waals surface area (Å²) in [6, 6.07) is 12.5. The molecule has 4 heteroatoms. The van der Waals surface area contributed by atoms with Crippen molar-refractivity contribution in [3.8, 4) is 12.1 Å². The number of hydrogen-bond acceptors (Lipinski definition) is 3. The molecule has 0 radical (unpaired) electrons. The summed E-state index contributed by atoms with van der Waals surface area (Å²) in [5, 5.41) is 17.2. The van der Waals surface area contributed by atoms with E-state index in [-0.39, 0.29) is 5.41 Å². The first-order chi connectivity index (χ1) is 10.7. The van der Waals surface area contributed by atoms with E-state index in [0.717, 1.165) is 12.0 Å². The summed E-state index contributed by atoms with van der Waals surface area (Å²) in [4.78, 5) is 7.63. The lowest BCUT2D eigenvalue weighted by Gasteiger charge is -2.16. The molecule has 0 aliphatic heterocycles. The fourth-order valence-corrected chi connectivity index (χ4v) is 1.49. The molecular weight excluding hydrogens is 284 g/mol. The number of nitriles is 2. The highest BCUT2D eigenvalue weighted by molar-refractivity contribution is 5.61. The second-order valence-corrected chi connectivity index (χ2v) is 6.75. The fraction of sp³-hybridized carbons (Fsp3) is 0.474. The van der Waals surface area contributed by atoms with E-state index in [0.29, 0.717) is 6.54 Å². The highest BCUT2D eigenvalue weighted by Gasteiger charge is 2.19. The van der Waals surface area contributed by atoms with E-state index in [1.807, 2.05) is 52.8 Å². The van der Waals surface area contributed by atoms with Gasteiger partial charge in [-0.25, -0.2) is 0 Å². The van der Waals surface area contributed by atoms with Crippen molar-refractivity contribution in [2.75, 3.05) is 6.54 Å². The number of rotatable bonds is 5. The van der Waals surface area contributed by atoms with Crippen molar-refractivity contribution in [1.82, 2.24) is 0 Å². The minimum Gasteiger partial charge on any atom is -0.273 e. The van der Waals surface area contributed by atoms with Crippen molar-refractivity contribution in [2.45, 2.75) is 46.5 Å². The van der Waals surface area contributed by atoms with Crippen molar-refractivity contribution in [1.29, 1.82) is 10.5 Å². The van der Waals surface area contributed by atoms with Crippen LogP contribution in [0.15, 0.2) is 34.3 Å². The molecular formula is C19H26N4. The van der Waals surface area contributed by atoms with Crippen LogP contribution in [0.4, 0.5) is 0 Å². The van der Waals surface area contributed by atoms with E-state index in [4.69, 9.17) is 10.5 Å². The SMILES string of the molecule is C=NC=NCCc1cccc(C(C)(C)C#N)c1.CC(C)(C)C#N. The number of benzene rings is 1. The molecule has 0 amide bonds. The molecule has 4 nitrogen and oxygen atoms in total. The third-order valence-corrected chi connectivity index (χ3v) is 2.96. The number of hydrogen-bond donors (Lipinski definition) is 0. The Hall–Kier alpha value is -2.46. The van der Waals surface area contributed by atoms with Gasteiger partial charge in [0.1, 0.15) is 6.34 Å². The van der Waals surface area contributed by atoms with Gasteiger partial charge in [0, 0.05) is 12.0 Å². The van der Waals surface area contributed by atoms with Crippen LogP contribution in [0.1, 0.15) is 45.7 Å². The van der Waals surface area contributed by atoms with Gasteiger partial charge in [0.25, 0.3) is 0 Å². The Morgan fingerprint density at radius 3 is 2.22 bits per heavy atom. The van der Waals surface area contributed by atoms with Crippen molar-refractivity contribution in [2.24, 2.45) is 15.4 Å². The summed E-state index contributed by atoms with van der Waals surface area (Å²) in [5.41, 5.74) is 1.64. The lowest BCUT2D eigenvalue weighted by molar-refractivity contribution is 0.561. The smallest absolute Gasteiger partial charge is 0.109 e. The molecule has 0 fully saturated rings. The van der Waals surface area contributed by atoms with Gasteiger partial charge in [0.15, 0.2) is 0 Å². The maximum absolute atomic E-state index is 9.09. The van der Waals surface area contributed by atoms with Gasteiger partial charge in [-0.3, -0.25) is 9.98 Å². The molecule has 0 bridgehead atoms. The summed E-state index contributed by atoms with van der Waals surface area (Å²) in [5.74, 6) is 0. The molecule has 1 aromatic rings. The first-order valence-corrected chi connectivity index (χ1v) is 7.52. The second-order valence-electron chi connectivity index (χ2n) is 6.75. The van der Waals surface area contributed by atoms with Crippen molar-refractivity contribution in [3.05, 3.63) is 35.4 Å². The molecule has 23 heavy (non-hydrogen) atoms. The number of nitrogens with zero attached hydrogens (tertiary/aromatic N) is 4. The van der Waals surface area contributed by atoms with E-state index in [1.165, 1.54) is 11.9 Å². The standard InChI is InChI=1S/C14H17N3.C5H9N/c1-14(2,10-15)13-6-4-5-12(9-13)7-8-17-11-16-3;1-5(2,3)4-6/h4-6,9,11H,3,7-8H2,1-2H3;1-3H3. The Balaban J connectivity index is 0.000000688. The van der Waals surface area contributed by atoms with Crippen LogP contribution < -0.4 is 0 Å². The topological polar surface area (TPSA) is 72.3 Å². The Morgan fingerprint density at radius 2 is 1.74 bits per heavy atom. The molecule has 0 unspecified atom stereocenters. The molecule has 0 atom stereocenters. The van der Waals surface area contributed by atoms with Crippen LogP contribution in [-0.2, 0) is 11.8 Å². The predicted molar refractivity (Wildman–Crippen MR) is 96.8 cm³/mol.